The summed E-state index contributed by atoms with van der Waals surface area (Å²) >= 11 is 8.32. The van der Waals surface area contributed by atoms with Crippen molar-refractivity contribution in [2.45, 2.75) is 46.1 Å². The van der Waals surface area contributed by atoms with Gasteiger partial charge in [0, 0.05) is 24.4 Å². The van der Waals surface area contributed by atoms with Gasteiger partial charge in [0.2, 0.25) is 0 Å². The smallest absolute Gasteiger partial charge is 0.0850 e. The van der Waals surface area contributed by atoms with Gasteiger partial charge in [-0.3, -0.25) is 4.68 Å². The van der Waals surface area contributed by atoms with Crippen molar-refractivity contribution in [2.75, 3.05) is 6.54 Å². The van der Waals surface area contributed by atoms with Gasteiger partial charge in [-0.1, -0.05) is 25.4 Å². The van der Waals surface area contributed by atoms with E-state index in [9.17, 15) is 0 Å². The number of aryl methyl sites for hydroxylation is 3. The van der Waals surface area contributed by atoms with Gasteiger partial charge in [-0.05, 0) is 43.3 Å². The predicted octanol–water partition coefficient (Wildman–Crippen LogP) is 4.29. The van der Waals surface area contributed by atoms with Crippen LogP contribution in [0.4, 0.5) is 0 Å². The first kappa shape index (κ1) is 16.5. The van der Waals surface area contributed by atoms with Gasteiger partial charge >= 0.3 is 0 Å². The zero-order chi connectivity index (χ0) is 15.4. The minimum atomic E-state index is 0.308. The van der Waals surface area contributed by atoms with Crippen LogP contribution in [0.3, 0.4) is 0 Å². The van der Waals surface area contributed by atoms with E-state index in [0.29, 0.717) is 6.04 Å². The molecule has 0 radical (unpaired) electrons. The van der Waals surface area contributed by atoms with E-state index in [0.717, 1.165) is 42.2 Å². The fraction of sp³-hybridized carbons (Fsp3) is 0.562. The van der Waals surface area contributed by atoms with Gasteiger partial charge in [-0.2, -0.15) is 5.10 Å². The Balaban J connectivity index is 2.27. The summed E-state index contributed by atoms with van der Waals surface area (Å²) in [4.78, 5) is 1.40. The molecule has 0 spiro atoms. The molecular weight excluding hydrogens is 302 g/mol. The number of halogens is 1. The molecule has 2 heterocycles. The molecule has 0 aromatic carbocycles. The Kier molecular flexibility index (Phi) is 5.85. The molecule has 0 fully saturated rings. The first-order valence-corrected chi connectivity index (χ1v) is 8.81. The first-order chi connectivity index (χ1) is 10.1. The third-order valence-electron chi connectivity index (χ3n) is 3.76. The van der Waals surface area contributed by atoms with Gasteiger partial charge in [0.05, 0.1) is 16.4 Å². The van der Waals surface area contributed by atoms with Crippen LogP contribution in [0, 0.1) is 6.92 Å². The molecule has 5 heteroatoms. The van der Waals surface area contributed by atoms with Gasteiger partial charge in [0.1, 0.15) is 0 Å². The minimum Gasteiger partial charge on any atom is -0.309 e. The Hall–Kier alpha value is -0.840. The highest BCUT2D eigenvalue weighted by atomic mass is 35.5. The van der Waals surface area contributed by atoms with Crippen molar-refractivity contribution < 1.29 is 0 Å². The molecule has 0 bridgehead atoms. The quantitative estimate of drug-likeness (QED) is 0.823. The lowest BCUT2D eigenvalue weighted by molar-refractivity contribution is 0.517. The summed E-state index contributed by atoms with van der Waals surface area (Å²) in [5, 5.41) is 11.2. The molecule has 0 aliphatic heterocycles. The van der Waals surface area contributed by atoms with E-state index in [-0.39, 0.29) is 0 Å². The van der Waals surface area contributed by atoms with Crippen molar-refractivity contribution in [2.24, 2.45) is 7.05 Å². The third kappa shape index (κ3) is 3.68. The lowest BCUT2D eigenvalue weighted by atomic mass is 10.1. The molecule has 1 atom stereocenters. The largest absolute Gasteiger partial charge is 0.309 e. The monoisotopic (exact) mass is 325 g/mol. The van der Waals surface area contributed by atoms with Crippen LogP contribution in [-0.2, 0) is 19.9 Å². The van der Waals surface area contributed by atoms with Crippen LogP contribution in [0.25, 0.3) is 0 Å². The van der Waals surface area contributed by atoms with Crippen molar-refractivity contribution >= 4 is 22.9 Å². The molecule has 0 aliphatic rings. The highest BCUT2D eigenvalue weighted by molar-refractivity contribution is 7.10. The molecule has 0 saturated carbocycles. The Morgan fingerprint density at radius 1 is 1.43 bits per heavy atom. The van der Waals surface area contributed by atoms with Gasteiger partial charge < -0.3 is 5.32 Å². The van der Waals surface area contributed by atoms with E-state index in [1.54, 1.807) is 0 Å². The Bertz CT molecular complexity index is 588. The standard InChI is InChI=1S/C16H24ClN3S/c1-5-8-18-13(16-11(3)7-9-21-16)10-14-15(17)12(6-2)19-20(14)4/h7,9,13,18H,5-6,8,10H2,1-4H3. The fourth-order valence-corrected chi connectivity index (χ4v) is 3.93. The Morgan fingerprint density at radius 3 is 2.71 bits per heavy atom. The molecule has 2 aromatic heterocycles. The number of nitrogens with zero attached hydrogens (tertiary/aromatic N) is 2. The maximum Gasteiger partial charge on any atom is 0.0850 e. The SMILES string of the molecule is CCCNC(Cc1c(Cl)c(CC)nn1C)c1sccc1C. The lowest BCUT2D eigenvalue weighted by Crippen LogP contribution is -2.24. The summed E-state index contributed by atoms with van der Waals surface area (Å²) < 4.78 is 1.94. The van der Waals surface area contributed by atoms with Crippen molar-refractivity contribution in [3.8, 4) is 0 Å². The molecule has 2 aromatic rings. The highest BCUT2D eigenvalue weighted by Crippen LogP contribution is 2.30. The molecule has 116 valence electrons. The van der Waals surface area contributed by atoms with Crippen LogP contribution in [-0.4, -0.2) is 16.3 Å². The molecule has 21 heavy (non-hydrogen) atoms. The average Bonchev–Trinajstić information content (AvgIpc) is 3.00. The van der Waals surface area contributed by atoms with E-state index in [1.165, 1.54) is 10.4 Å². The number of aromatic nitrogens is 2. The molecule has 0 amide bonds. The second kappa shape index (κ2) is 7.43. The maximum atomic E-state index is 6.50. The Labute approximate surface area is 136 Å². The van der Waals surface area contributed by atoms with Crippen LogP contribution in [0.15, 0.2) is 11.4 Å². The average molecular weight is 326 g/mol. The van der Waals surface area contributed by atoms with E-state index in [4.69, 9.17) is 11.6 Å². The number of nitrogens with one attached hydrogen (secondary N) is 1. The van der Waals surface area contributed by atoms with Crippen LogP contribution < -0.4 is 5.32 Å². The molecule has 1 unspecified atom stereocenters. The van der Waals surface area contributed by atoms with Crippen LogP contribution in [0.2, 0.25) is 5.02 Å². The Morgan fingerprint density at radius 2 is 2.19 bits per heavy atom. The molecule has 1 N–H and O–H groups in total. The molecule has 3 nitrogen and oxygen atoms in total. The van der Waals surface area contributed by atoms with Gasteiger partial charge in [0.15, 0.2) is 0 Å². The second-order valence-electron chi connectivity index (χ2n) is 5.36. The van der Waals surface area contributed by atoms with Crippen LogP contribution >= 0.6 is 22.9 Å². The second-order valence-corrected chi connectivity index (χ2v) is 6.69. The summed E-state index contributed by atoms with van der Waals surface area (Å²) in [6.45, 7) is 7.47. The van der Waals surface area contributed by atoms with E-state index in [2.05, 4.69) is 42.6 Å². The zero-order valence-electron chi connectivity index (χ0n) is 13.2. The zero-order valence-corrected chi connectivity index (χ0v) is 14.8. The van der Waals surface area contributed by atoms with E-state index >= 15 is 0 Å². The summed E-state index contributed by atoms with van der Waals surface area (Å²) in [6, 6.07) is 2.49. The summed E-state index contributed by atoms with van der Waals surface area (Å²) in [5.74, 6) is 0. The molecular formula is C16H24ClN3S. The summed E-state index contributed by atoms with van der Waals surface area (Å²) in [7, 11) is 1.98. The maximum absolute atomic E-state index is 6.50. The van der Waals surface area contributed by atoms with Crippen molar-refractivity contribution in [1.82, 2.24) is 15.1 Å². The first-order valence-electron chi connectivity index (χ1n) is 7.56. The van der Waals surface area contributed by atoms with Crippen molar-refractivity contribution in [3.05, 3.63) is 38.3 Å². The predicted molar refractivity (Wildman–Crippen MR) is 91.4 cm³/mol. The summed E-state index contributed by atoms with van der Waals surface area (Å²) in [6.07, 6.45) is 2.88. The normalized spacial score (nSPS) is 12.8. The number of thiophene rings is 1. The molecule has 2 rings (SSSR count). The van der Waals surface area contributed by atoms with Gasteiger partial charge in [-0.25, -0.2) is 0 Å². The van der Waals surface area contributed by atoms with Gasteiger partial charge in [-0.15, -0.1) is 11.3 Å². The van der Waals surface area contributed by atoms with E-state index in [1.807, 2.05) is 23.1 Å². The van der Waals surface area contributed by atoms with Crippen molar-refractivity contribution in [1.29, 1.82) is 0 Å². The topological polar surface area (TPSA) is 29.9 Å². The van der Waals surface area contributed by atoms with Crippen molar-refractivity contribution in [3.63, 3.8) is 0 Å². The number of hydrogen-bond acceptors (Lipinski definition) is 3. The number of hydrogen-bond donors (Lipinski definition) is 1. The highest BCUT2D eigenvalue weighted by Gasteiger charge is 2.20. The minimum absolute atomic E-state index is 0.308. The van der Waals surface area contributed by atoms with E-state index < -0.39 is 0 Å². The van der Waals surface area contributed by atoms with Gasteiger partial charge in [0.25, 0.3) is 0 Å². The third-order valence-corrected chi connectivity index (χ3v) is 5.33. The number of rotatable bonds is 7. The fourth-order valence-electron chi connectivity index (χ4n) is 2.55. The molecule has 0 saturated heterocycles. The molecule has 0 aliphatic carbocycles. The van der Waals surface area contributed by atoms with Crippen LogP contribution in [0.5, 0.6) is 0 Å². The lowest BCUT2D eigenvalue weighted by Gasteiger charge is -2.19. The van der Waals surface area contributed by atoms with Crippen LogP contribution in [0.1, 0.15) is 48.1 Å². The summed E-state index contributed by atoms with van der Waals surface area (Å²) in [5.41, 5.74) is 3.46.